The minimum atomic E-state index is -2.18. The van der Waals surface area contributed by atoms with E-state index in [0.717, 1.165) is 0 Å². The molecule has 0 amide bonds. The summed E-state index contributed by atoms with van der Waals surface area (Å²) in [6.07, 6.45) is 7.48. The van der Waals surface area contributed by atoms with E-state index < -0.39 is 21.4 Å². The van der Waals surface area contributed by atoms with Crippen LogP contribution in [0.5, 0.6) is 0 Å². The third-order valence-corrected chi connectivity index (χ3v) is 20.0. The van der Waals surface area contributed by atoms with Gasteiger partial charge in [-0.05, 0) is 0 Å². The van der Waals surface area contributed by atoms with Crippen molar-refractivity contribution in [3.8, 4) is 0 Å². The van der Waals surface area contributed by atoms with E-state index in [1.54, 1.807) is 16.7 Å². The first-order valence-electron chi connectivity index (χ1n) is 11.2. The van der Waals surface area contributed by atoms with Gasteiger partial charge >= 0.3 is 190 Å². The van der Waals surface area contributed by atoms with E-state index in [0.29, 0.717) is 5.41 Å². The van der Waals surface area contributed by atoms with Gasteiger partial charge in [0.1, 0.15) is 0 Å². The van der Waals surface area contributed by atoms with Gasteiger partial charge in [0.15, 0.2) is 0 Å². The summed E-state index contributed by atoms with van der Waals surface area (Å²) in [5.74, 6) is 0. The molecule has 0 radical (unpaired) electrons. The first kappa shape index (κ1) is 20.2. The van der Waals surface area contributed by atoms with E-state index in [2.05, 4.69) is 106 Å². The number of allylic oxidation sites excluding steroid dienone is 1. The number of fused-ring (bicyclic) bond motifs is 2. The van der Waals surface area contributed by atoms with Gasteiger partial charge in [-0.25, -0.2) is 0 Å². The Kier molecular flexibility index (Phi) is 5.22. The van der Waals surface area contributed by atoms with Crippen molar-refractivity contribution in [2.75, 3.05) is 0 Å². The Morgan fingerprint density at radius 1 is 0.733 bits per heavy atom. The average molecular weight is 558 g/mol. The zero-order valence-corrected chi connectivity index (χ0v) is 22.0. The quantitative estimate of drug-likeness (QED) is 0.294. The molecule has 2 aliphatic rings. The normalized spacial score (nSPS) is 20.8. The number of benzene rings is 3. The van der Waals surface area contributed by atoms with Crippen LogP contribution in [0.1, 0.15) is 54.2 Å². The summed E-state index contributed by atoms with van der Waals surface area (Å²) in [5, 5.41) is 0. The van der Waals surface area contributed by atoms with E-state index in [4.69, 9.17) is 0 Å². The second-order valence-corrected chi connectivity index (χ2v) is 20.8. The molecule has 0 bridgehead atoms. The number of hydrogen-bond donors (Lipinski definition) is 0. The van der Waals surface area contributed by atoms with Crippen molar-refractivity contribution in [2.24, 2.45) is 5.41 Å². The van der Waals surface area contributed by atoms with Gasteiger partial charge in [-0.15, -0.1) is 0 Å². The predicted octanol–water partition coefficient (Wildman–Crippen LogP) is 7.07. The van der Waals surface area contributed by atoms with Crippen LogP contribution in [-0.4, -0.2) is 0 Å². The van der Waals surface area contributed by atoms with Crippen LogP contribution >= 0.6 is 0 Å². The predicted molar refractivity (Wildman–Crippen MR) is 124 cm³/mol. The Balaban J connectivity index is 1.54. The van der Waals surface area contributed by atoms with Gasteiger partial charge in [0.25, 0.3) is 0 Å². The molecule has 3 aromatic carbocycles. The zero-order chi connectivity index (χ0) is 20.8. The average Bonchev–Trinajstić information content (AvgIpc) is 3.22. The van der Waals surface area contributed by atoms with Crippen LogP contribution in [-0.2, 0) is 45.8 Å². The summed E-state index contributed by atoms with van der Waals surface area (Å²) >= 11 is -2.18. The fourth-order valence-electron chi connectivity index (χ4n) is 5.49. The molecule has 0 fully saturated rings. The van der Waals surface area contributed by atoms with Crippen molar-refractivity contribution in [1.82, 2.24) is 0 Å². The van der Waals surface area contributed by atoms with Gasteiger partial charge in [0, 0.05) is 0 Å². The van der Waals surface area contributed by atoms with E-state index in [1.165, 1.54) is 37.9 Å². The Bertz CT molecular complexity index is 1040. The maximum absolute atomic E-state index is 2.61. The molecule has 0 saturated heterocycles. The third kappa shape index (κ3) is 3.82. The first-order valence-corrected chi connectivity index (χ1v) is 18.1. The zero-order valence-electron chi connectivity index (χ0n) is 18.4. The molecule has 1 atom stereocenters. The SMILES string of the molecule is CC1(C)Cc2cc3c(cc2C1)[C](C)([Hf]([CH2]c1ccccc1)[CH2]c1ccccc1)C=C3. The summed E-state index contributed by atoms with van der Waals surface area (Å²) < 4.78 is 2.89. The van der Waals surface area contributed by atoms with Crippen LogP contribution in [0.25, 0.3) is 6.08 Å². The van der Waals surface area contributed by atoms with Crippen molar-refractivity contribution in [1.29, 1.82) is 0 Å². The van der Waals surface area contributed by atoms with E-state index in [-0.39, 0.29) is 3.17 Å². The summed E-state index contributed by atoms with van der Waals surface area (Å²) in [7, 11) is 0. The van der Waals surface area contributed by atoms with Crippen LogP contribution in [0.15, 0.2) is 78.9 Å². The molecule has 0 nitrogen and oxygen atoms in total. The maximum atomic E-state index is 2.61. The summed E-state index contributed by atoms with van der Waals surface area (Å²) in [4.78, 5) is 0. The Labute approximate surface area is 189 Å². The molecular formula is C29H31Hf. The Morgan fingerprint density at radius 3 is 1.83 bits per heavy atom. The number of rotatable bonds is 5. The summed E-state index contributed by atoms with van der Waals surface area (Å²) in [6.45, 7) is 7.40. The molecule has 0 heterocycles. The van der Waals surface area contributed by atoms with Gasteiger partial charge < -0.3 is 0 Å². The third-order valence-electron chi connectivity index (χ3n) is 7.12. The molecule has 2 aliphatic carbocycles. The van der Waals surface area contributed by atoms with Gasteiger partial charge in [0.2, 0.25) is 0 Å². The van der Waals surface area contributed by atoms with Gasteiger partial charge in [-0.2, -0.15) is 0 Å². The Morgan fingerprint density at radius 2 is 1.27 bits per heavy atom. The molecule has 1 unspecified atom stereocenters. The van der Waals surface area contributed by atoms with Crippen LogP contribution in [0.2, 0.25) is 0 Å². The van der Waals surface area contributed by atoms with E-state index in [9.17, 15) is 0 Å². The van der Waals surface area contributed by atoms with Crippen LogP contribution in [0, 0.1) is 5.41 Å². The standard InChI is InChI=1S/C15H17.2C7H7.Hf/c1-10-4-5-11-6-12-8-15(2,3)9-13(12)7-14(10)11;2*1-7-5-3-2-4-6-7;/h4-7H,8-9H2,1-3H3;2*2-6H,1H2;. The van der Waals surface area contributed by atoms with Crippen molar-refractivity contribution in [3.05, 3.63) is 112 Å². The van der Waals surface area contributed by atoms with Crippen molar-refractivity contribution >= 4 is 6.08 Å². The van der Waals surface area contributed by atoms with Crippen molar-refractivity contribution in [2.45, 2.75) is 45.1 Å². The second kappa shape index (κ2) is 7.75. The molecule has 3 aromatic rings. The molecule has 151 valence electrons. The van der Waals surface area contributed by atoms with Crippen molar-refractivity contribution < 1.29 is 21.4 Å². The molecule has 0 N–H and O–H groups in total. The second-order valence-electron chi connectivity index (χ2n) is 10.2. The minimum absolute atomic E-state index is 0.271. The molecule has 0 aliphatic heterocycles. The van der Waals surface area contributed by atoms with E-state index >= 15 is 0 Å². The van der Waals surface area contributed by atoms with Gasteiger partial charge in [-0.1, -0.05) is 0 Å². The molecule has 0 saturated carbocycles. The monoisotopic (exact) mass is 559 g/mol. The molecule has 0 spiro atoms. The van der Waals surface area contributed by atoms with Crippen LogP contribution in [0.4, 0.5) is 0 Å². The topological polar surface area (TPSA) is 0 Å². The molecular weight excluding hydrogens is 527 g/mol. The summed E-state index contributed by atoms with van der Waals surface area (Å²) in [6, 6.07) is 27.6. The van der Waals surface area contributed by atoms with Crippen molar-refractivity contribution in [3.63, 3.8) is 0 Å². The fourth-order valence-corrected chi connectivity index (χ4v) is 17.1. The number of hydrogen-bond acceptors (Lipinski definition) is 0. The molecule has 5 rings (SSSR count). The van der Waals surface area contributed by atoms with Gasteiger partial charge in [0.05, 0.1) is 0 Å². The molecule has 1 heteroatoms. The first-order chi connectivity index (χ1) is 14.4. The van der Waals surface area contributed by atoms with Crippen LogP contribution < -0.4 is 0 Å². The molecule has 0 aromatic heterocycles. The van der Waals surface area contributed by atoms with Gasteiger partial charge in [-0.3, -0.25) is 0 Å². The Hall–Kier alpha value is -1.73. The van der Waals surface area contributed by atoms with Crippen LogP contribution in [0.3, 0.4) is 0 Å². The summed E-state index contributed by atoms with van der Waals surface area (Å²) in [5.41, 5.74) is 9.80. The fraction of sp³-hybridized carbons (Fsp3) is 0.310. The molecule has 30 heavy (non-hydrogen) atoms. The van der Waals surface area contributed by atoms with E-state index in [1.807, 2.05) is 0 Å².